The van der Waals surface area contributed by atoms with Crippen molar-refractivity contribution in [2.75, 3.05) is 7.05 Å². The van der Waals surface area contributed by atoms with Crippen molar-refractivity contribution in [1.82, 2.24) is 5.32 Å². The summed E-state index contributed by atoms with van der Waals surface area (Å²) in [5.41, 5.74) is 5.76. The van der Waals surface area contributed by atoms with Crippen LogP contribution in [0.3, 0.4) is 0 Å². The highest BCUT2D eigenvalue weighted by molar-refractivity contribution is 6.31. The van der Waals surface area contributed by atoms with Crippen LogP contribution >= 0.6 is 0 Å². The SMILES string of the molecule is CN=CN=C(NC(N)=O)C1N=CC(C)=N1. The fourth-order valence-electron chi connectivity index (χ4n) is 0.979. The van der Waals surface area contributed by atoms with Crippen molar-refractivity contribution >= 4 is 30.1 Å². The average molecular weight is 208 g/mol. The van der Waals surface area contributed by atoms with Crippen LogP contribution in [0.5, 0.6) is 0 Å². The van der Waals surface area contributed by atoms with Crippen molar-refractivity contribution in [3.8, 4) is 0 Å². The molecule has 1 rings (SSSR count). The van der Waals surface area contributed by atoms with Gasteiger partial charge in [0.1, 0.15) is 6.34 Å². The maximum Gasteiger partial charge on any atom is 0.317 e. The van der Waals surface area contributed by atoms with Crippen LogP contribution < -0.4 is 11.1 Å². The molecule has 1 unspecified atom stereocenters. The summed E-state index contributed by atoms with van der Waals surface area (Å²) in [7, 11) is 1.57. The van der Waals surface area contributed by atoms with Crippen molar-refractivity contribution in [3.05, 3.63) is 0 Å². The van der Waals surface area contributed by atoms with Gasteiger partial charge in [0.2, 0.25) is 0 Å². The Bertz CT molecular complexity index is 367. The fourth-order valence-corrected chi connectivity index (χ4v) is 0.979. The molecule has 2 amide bonds. The number of carbonyl (C=O) groups is 1. The summed E-state index contributed by atoms with van der Waals surface area (Å²) in [4.78, 5) is 26.4. The van der Waals surface area contributed by atoms with Gasteiger partial charge in [-0.1, -0.05) is 0 Å². The molecular weight excluding hydrogens is 196 g/mol. The molecule has 80 valence electrons. The number of aliphatic imine (C=N–C) groups is 4. The van der Waals surface area contributed by atoms with E-state index in [2.05, 4.69) is 25.3 Å². The molecule has 0 aliphatic carbocycles. The number of amides is 2. The highest BCUT2D eigenvalue weighted by Gasteiger charge is 2.17. The standard InChI is InChI=1S/C8H12N6O/c1-5-3-11-6(13-5)7(12-4-10-2)14-8(9)15/h3-4,6H,1-2H3,(H3,9,10,12,14,15). The molecule has 0 bridgehead atoms. The van der Waals surface area contributed by atoms with Gasteiger partial charge < -0.3 is 5.73 Å². The molecule has 7 nitrogen and oxygen atoms in total. The van der Waals surface area contributed by atoms with E-state index in [0.717, 1.165) is 5.71 Å². The Balaban J connectivity index is 2.82. The number of urea groups is 1. The predicted octanol–water partition coefficient (Wildman–Crippen LogP) is -0.417. The molecule has 1 heterocycles. The fraction of sp³-hybridized carbons (Fsp3) is 0.375. The number of hydrogen-bond acceptors (Lipinski definition) is 4. The maximum atomic E-state index is 10.7. The third kappa shape index (κ3) is 3.29. The van der Waals surface area contributed by atoms with E-state index in [-0.39, 0.29) is 5.84 Å². The minimum atomic E-state index is -0.701. The van der Waals surface area contributed by atoms with Gasteiger partial charge >= 0.3 is 6.03 Å². The van der Waals surface area contributed by atoms with Crippen LogP contribution in [0.4, 0.5) is 4.79 Å². The van der Waals surface area contributed by atoms with Gasteiger partial charge in [0, 0.05) is 13.3 Å². The lowest BCUT2D eigenvalue weighted by atomic mass is 10.4. The van der Waals surface area contributed by atoms with Crippen LogP contribution in [0.25, 0.3) is 0 Å². The van der Waals surface area contributed by atoms with Crippen LogP contribution in [-0.2, 0) is 0 Å². The Labute approximate surface area is 86.9 Å². The molecule has 0 aromatic rings. The van der Waals surface area contributed by atoms with E-state index in [1.165, 1.54) is 6.34 Å². The van der Waals surface area contributed by atoms with Crippen LogP contribution in [0, 0.1) is 0 Å². The second-order valence-corrected chi connectivity index (χ2v) is 2.80. The minimum absolute atomic E-state index is 0.265. The normalized spacial score (nSPS) is 20.8. The van der Waals surface area contributed by atoms with Crippen molar-refractivity contribution in [3.63, 3.8) is 0 Å². The molecule has 1 atom stereocenters. The summed E-state index contributed by atoms with van der Waals surface area (Å²) >= 11 is 0. The zero-order chi connectivity index (χ0) is 11.3. The third-order valence-electron chi connectivity index (χ3n) is 1.54. The summed E-state index contributed by atoms with van der Waals surface area (Å²) in [6.45, 7) is 1.80. The Morgan fingerprint density at radius 3 is 2.93 bits per heavy atom. The predicted molar refractivity (Wildman–Crippen MR) is 60.0 cm³/mol. The van der Waals surface area contributed by atoms with E-state index < -0.39 is 12.2 Å². The average Bonchev–Trinajstić information content (AvgIpc) is 2.58. The van der Waals surface area contributed by atoms with Gasteiger partial charge in [0.25, 0.3) is 0 Å². The van der Waals surface area contributed by atoms with E-state index in [1.807, 2.05) is 0 Å². The van der Waals surface area contributed by atoms with Crippen LogP contribution in [-0.4, -0.2) is 43.3 Å². The molecule has 7 heteroatoms. The van der Waals surface area contributed by atoms with Gasteiger partial charge in [-0.25, -0.2) is 9.79 Å². The van der Waals surface area contributed by atoms with Crippen molar-refractivity contribution < 1.29 is 4.79 Å². The van der Waals surface area contributed by atoms with Crippen molar-refractivity contribution in [1.29, 1.82) is 0 Å². The highest BCUT2D eigenvalue weighted by atomic mass is 16.2. The van der Waals surface area contributed by atoms with Crippen LogP contribution in [0.2, 0.25) is 0 Å². The molecule has 1 aliphatic heterocycles. The molecule has 3 N–H and O–H groups in total. The Hall–Kier alpha value is -2.05. The minimum Gasteiger partial charge on any atom is -0.351 e. The Morgan fingerprint density at radius 2 is 2.47 bits per heavy atom. The van der Waals surface area contributed by atoms with Gasteiger partial charge in [-0.05, 0) is 6.92 Å². The quantitative estimate of drug-likeness (QED) is 0.467. The number of hydrogen-bond donors (Lipinski definition) is 2. The molecule has 0 saturated carbocycles. The lowest BCUT2D eigenvalue weighted by Gasteiger charge is -2.07. The summed E-state index contributed by atoms with van der Waals surface area (Å²) < 4.78 is 0. The molecule has 0 aromatic carbocycles. The molecule has 15 heavy (non-hydrogen) atoms. The molecule has 0 saturated heterocycles. The summed E-state index contributed by atoms with van der Waals surface area (Å²) in [5.74, 6) is 0.265. The summed E-state index contributed by atoms with van der Waals surface area (Å²) in [6.07, 6.45) is 2.37. The molecule has 0 fully saturated rings. The van der Waals surface area contributed by atoms with Gasteiger partial charge in [-0.15, -0.1) is 0 Å². The van der Waals surface area contributed by atoms with Crippen LogP contribution in [0.15, 0.2) is 20.0 Å². The monoisotopic (exact) mass is 208 g/mol. The molecule has 0 spiro atoms. The number of primary amides is 1. The maximum absolute atomic E-state index is 10.7. The first-order valence-electron chi connectivity index (χ1n) is 4.26. The molecular formula is C8H12N6O. The van der Waals surface area contributed by atoms with Gasteiger partial charge in [0.15, 0.2) is 12.0 Å². The lowest BCUT2D eigenvalue weighted by molar-refractivity contribution is 0.253. The largest absolute Gasteiger partial charge is 0.351 e. The zero-order valence-electron chi connectivity index (χ0n) is 8.51. The van der Waals surface area contributed by atoms with E-state index in [1.54, 1.807) is 20.2 Å². The zero-order valence-corrected chi connectivity index (χ0v) is 8.51. The smallest absolute Gasteiger partial charge is 0.317 e. The first-order valence-corrected chi connectivity index (χ1v) is 4.26. The van der Waals surface area contributed by atoms with E-state index >= 15 is 0 Å². The number of nitrogens with zero attached hydrogens (tertiary/aromatic N) is 4. The topological polar surface area (TPSA) is 105 Å². The van der Waals surface area contributed by atoms with Crippen LogP contribution in [0.1, 0.15) is 6.92 Å². The number of rotatable bonds is 2. The number of nitrogens with one attached hydrogen (secondary N) is 1. The Kier molecular flexibility index (Phi) is 3.67. The number of amidine groups is 1. The number of carbonyl (C=O) groups excluding carboxylic acids is 1. The van der Waals surface area contributed by atoms with Gasteiger partial charge in [-0.3, -0.25) is 20.3 Å². The number of nitrogens with two attached hydrogens (primary N) is 1. The molecule has 0 aromatic heterocycles. The van der Waals surface area contributed by atoms with Gasteiger partial charge in [-0.2, -0.15) is 0 Å². The first kappa shape index (κ1) is 11.0. The van der Waals surface area contributed by atoms with E-state index in [9.17, 15) is 4.79 Å². The summed E-state index contributed by atoms with van der Waals surface area (Å²) in [5, 5.41) is 2.35. The highest BCUT2D eigenvalue weighted by Crippen LogP contribution is 2.02. The second kappa shape index (κ2) is 4.99. The lowest BCUT2D eigenvalue weighted by Crippen LogP contribution is -2.40. The summed E-state index contributed by atoms with van der Waals surface area (Å²) in [6, 6.07) is -0.701. The molecule has 0 radical (unpaired) electrons. The molecule has 1 aliphatic rings. The van der Waals surface area contributed by atoms with Crippen molar-refractivity contribution in [2.24, 2.45) is 25.7 Å². The van der Waals surface area contributed by atoms with Crippen molar-refractivity contribution in [2.45, 2.75) is 13.1 Å². The first-order chi connectivity index (χ1) is 7.13. The third-order valence-corrected chi connectivity index (χ3v) is 1.54. The van der Waals surface area contributed by atoms with Gasteiger partial charge in [0.05, 0.1) is 5.71 Å². The Morgan fingerprint density at radius 1 is 1.73 bits per heavy atom. The van der Waals surface area contributed by atoms with E-state index in [0.29, 0.717) is 0 Å². The van der Waals surface area contributed by atoms with E-state index in [4.69, 9.17) is 5.73 Å². The second-order valence-electron chi connectivity index (χ2n) is 2.80.